The zero-order chi connectivity index (χ0) is 20.3. The highest BCUT2D eigenvalue weighted by molar-refractivity contribution is 5.95. The number of hydrogen-bond donors (Lipinski definition) is 0. The Kier molecular flexibility index (Phi) is 5.54. The van der Waals surface area contributed by atoms with Crippen LogP contribution in [0.15, 0.2) is 47.4 Å². The summed E-state index contributed by atoms with van der Waals surface area (Å²) in [6.45, 7) is 1.86. The lowest BCUT2D eigenvalue weighted by Gasteiger charge is -2.16. The van der Waals surface area contributed by atoms with E-state index in [-0.39, 0.29) is 12.2 Å². The largest absolute Gasteiger partial charge is 0.497 e. The van der Waals surface area contributed by atoms with E-state index < -0.39 is 11.4 Å². The molecule has 0 saturated carbocycles. The molecule has 0 atom stereocenters. The Balaban J connectivity index is 2.36. The number of pyridine rings is 1. The quantitative estimate of drug-likeness (QED) is 0.609. The maximum Gasteiger partial charge on any atom is 0.343 e. The van der Waals surface area contributed by atoms with Gasteiger partial charge >= 0.3 is 5.97 Å². The van der Waals surface area contributed by atoms with E-state index in [1.54, 1.807) is 42.9 Å². The van der Waals surface area contributed by atoms with Crippen molar-refractivity contribution in [1.82, 2.24) is 4.57 Å². The molecule has 0 aliphatic heterocycles. The number of hydrogen-bond acceptors (Lipinski definition) is 6. The Labute approximate surface area is 162 Å². The molecule has 7 heteroatoms. The number of rotatable bonds is 6. The fraction of sp³-hybridized carbons (Fsp3) is 0.238. The minimum atomic E-state index is -0.675. The molecule has 0 aliphatic carbocycles. The summed E-state index contributed by atoms with van der Waals surface area (Å²) in [6.07, 6.45) is 1.48. The van der Waals surface area contributed by atoms with E-state index in [4.69, 9.17) is 18.9 Å². The number of ether oxygens (including phenoxy) is 4. The molecule has 0 aliphatic rings. The van der Waals surface area contributed by atoms with E-state index in [2.05, 4.69) is 0 Å². The van der Waals surface area contributed by atoms with Crippen molar-refractivity contribution in [3.05, 3.63) is 58.4 Å². The molecule has 3 aromatic rings. The fourth-order valence-electron chi connectivity index (χ4n) is 2.96. The molecule has 0 fully saturated rings. The van der Waals surface area contributed by atoms with E-state index in [1.807, 2.05) is 12.1 Å². The van der Waals surface area contributed by atoms with Crippen molar-refractivity contribution in [2.75, 3.05) is 27.9 Å². The highest BCUT2D eigenvalue weighted by atomic mass is 16.5. The third-order valence-corrected chi connectivity index (χ3v) is 4.35. The number of methoxy groups -OCH3 is 3. The summed E-state index contributed by atoms with van der Waals surface area (Å²) in [6, 6.07) is 10.5. The molecular weight excluding hydrogens is 362 g/mol. The van der Waals surface area contributed by atoms with Crippen LogP contribution in [0.4, 0.5) is 0 Å². The van der Waals surface area contributed by atoms with Gasteiger partial charge in [0, 0.05) is 18.0 Å². The van der Waals surface area contributed by atoms with Gasteiger partial charge in [-0.05, 0) is 37.3 Å². The van der Waals surface area contributed by atoms with Gasteiger partial charge in [-0.25, -0.2) is 4.79 Å². The predicted octanol–water partition coefficient (Wildman–Crippen LogP) is 3.19. The van der Waals surface area contributed by atoms with Crippen LogP contribution in [0.2, 0.25) is 0 Å². The van der Waals surface area contributed by atoms with Crippen LogP contribution >= 0.6 is 0 Å². The number of carbonyl (C=O) groups excluding carboxylic acids is 1. The Morgan fingerprint density at radius 1 is 0.964 bits per heavy atom. The molecule has 0 N–H and O–H groups in total. The Bertz CT molecular complexity index is 1070. The van der Waals surface area contributed by atoms with Gasteiger partial charge in [0.15, 0.2) is 11.5 Å². The van der Waals surface area contributed by atoms with E-state index in [1.165, 1.54) is 20.4 Å². The van der Waals surface area contributed by atoms with Gasteiger partial charge in [-0.3, -0.25) is 4.79 Å². The summed E-state index contributed by atoms with van der Waals surface area (Å²) in [7, 11) is 4.59. The first-order valence-corrected chi connectivity index (χ1v) is 8.67. The molecule has 146 valence electrons. The zero-order valence-corrected chi connectivity index (χ0v) is 16.1. The number of esters is 1. The summed E-state index contributed by atoms with van der Waals surface area (Å²) in [5.41, 5.74) is 0.820. The summed E-state index contributed by atoms with van der Waals surface area (Å²) < 4.78 is 22.7. The van der Waals surface area contributed by atoms with Crippen molar-refractivity contribution in [3.63, 3.8) is 0 Å². The SMILES string of the molecule is CCOC(=O)c1cn(-c2ccc(OC)cc2)c2cc(OC)c(OC)cc2c1=O. The lowest BCUT2D eigenvalue weighted by Crippen LogP contribution is -2.20. The second-order valence-electron chi connectivity index (χ2n) is 5.88. The number of benzene rings is 2. The second kappa shape index (κ2) is 8.04. The average Bonchev–Trinajstić information content (AvgIpc) is 2.73. The van der Waals surface area contributed by atoms with E-state index in [9.17, 15) is 9.59 Å². The standard InChI is InChI=1S/C21H21NO6/c1-5-28-21(24)16-12-22(13-6-8-14(25-2)9-7-13)17-11-19(27-4)18(26-3)10-15(17)20(16)23/h6-12H,5H2,1-4H3. The smallest absolute Gasteiger partial charge is 0.343 e. The summed E-state index contributed by atoms with van der Waals surface area (Å²) in [5.74, 6) is 0.889. The minimum absolute atomic E-state index is 0.0580. The molecule has 1 heterocycles. The fourth-order valence-corrected chi connectivity index (χ4v) is 2.96. The molecule has 1 aromatic heterocycles. The van der Waals surface area contributed by atoms with Crippen molar-refractivity contribution in [2.45, 2.75) is 6.92 Å². The van der Waals surface area contributed by atoms with Crippen molar-refractivity contribution in [1.29, 1.82) is 0 Å². The van der Waals surface area contributed by atoms with Crippen LogP contribution in [0.1, 0.15) is 17.3 Å². The van der Waals surface area contributed by atoms with Crippen molar-refractivity contribution < 1.29 is 23.7 Å². The third kappa shape index (κ3) is 3.38. The maximum absolute atomic E-state index is 13.0. The second-order valence-corrected chi connectivity index (χ2v) is 5.88. The minimum Gasteiger partial charge on any atom is -0.497 e. The van der Waals surface area contributed by atoms with E-state index in [0.29, 0.717) is 28.2 Å². The Morgan fingerprint density at radius 2 is 1.61 bits per heavy atom. The van der Waals surface area contributed by atoms with Gasteiger partial charge in [-0.1, -0.05) is 0 Å². The lowest BCUT2D eigenvalue weighted by atomic mass is 10.1. The first kappa shape index (κ1) is 19.3. The van der Waals surface area contributed by atoms with Crippen LogP contribution in [0.25, 0.3) is 16.6 Å². The van der Waals surface area contributed by atoms with Crippen LogP contribution in [0.3, 0.4) is 0 Å². The number of nitrogens with zero attached hydrogens (tertiary/aromatic N) is 1. The average molecular weight is 383 g/mol. The summed E-state index contributed by atoms with van der Waals surface area (Å²) in [5, 5.41) is 0.319. The molecular formula is C21H21NO6. The number of carbonyl (C=O) groups is 1. The summed E-state index contributed by atoms with van der Waals surface area (Å²) in [4.78, 5) is 25.3. The van der Waals surface area contributed by atoms with E-state index in [0.717, 1.165) is 5.69 Å². The van der Waals surface area contributed by atoms with Crippen LogP contribution in [0, 0.1) is 0 Å². The molecule has 0 unspecified atom stereocenters. The van der Waals surface area contributed by atoms with Gasteiger partial charge < -0.3 is 23.5 Å². The molecule has 0 amide bonds. The van der Waals surface area contributed by atoms with Crippen LogP contribution in [0.5, 0.6) is 17.2 Å². The van der Waals surface area contributed by atoms with Crippen molar-refractivity contribution in [3.8, 4) is 22.9 Å². The molecule has 28 heavy (non-hydrogen) atoms. The molecule has 0 radical (unpaired) electrons. The Morgan fingerprint density at radius 3 is 2.18 bits per heavy atom. The molecule has 0 bridgehead atoms. The molecule has 7 nitrogen and oxygen atoms in total. The first-order valence-electron chi connectivity index (χ1n) is 8.67. The topological polar surface area (TPSA) is 76.0 Å². The van der Waals surface area contributed by atoms with Crippen molar-refractivity contribution in [2.24, 2.45) is 0 Å². The predicted molar refractivity (Wildman–Crippen MR) is 105 cm³/mol. The summed E-state index contributed by atoms with van der Waals surface area (Å²) >= 11 is 0. The monoisotopic (exact) mass is 383 g/mol. The molecule has 2 aromatic carbocycles. The highest BCUT2D eigenvalue weighted by Gasteiger charge is 2.19. The normalized spacial score (nSPS) is 10.6. The van der Waals surface area contributed by atoms with Gasteiger partial charge in [0.1, 0.15) is 11.3 Å². The van der Waals surface area contributed by atoms with Gasteiger partial charge in [0.2, 0.25) is 5.43 Å². The Hall–Kier alpha value is -3.48. The number of fused-ring (bicyclic) bond motifs is 1. The lowest BCUT2D eigenvalue weighted by molar-refractivity contribution is 0.0524. The first-order chi connectivity index (χ1) is 13.5. The van der Waals surface area contributed by atoms with Gasteiger partial charge in [-0.15, -0.1) is 0 Å². The highest BCUT2D eigenvalue weighted by Crippen LogP contribution is 2.32. The van der Waals surface area contributed by atoms with Crippen LogP contribution in [-0.4, -0.2) is 38.5 Å². The number of aromatic nitrogens is 1. The van der Waals surface area contributed by atoms with Gasteiger partial charge in [-0.2, -0.15) is 0 Å². The van der Waals surface area contributed by atoms with Crippen LogP contribution in [-0.2, 0) is 4.74 Å². The third-order valence-electron chi connectivity index (χ3n) is 4.35. The molecule has 0 spiro atoms. The molecule has 3 rings (SSSR count). The van der Waals surface area contributed by atoms with Gasteiger partial charge in [0.05, 0.1) is 38.8 Å². The van der Waals surface area contributed by atoms with Gasteiger partial charge in [0.25, 0.3) is 0 Å². The van der Waals surface area contributed by atoms with Crippen molar-refractivity contribution >= 4 is 16.9 Å². The zero-order valence-electron chi connectivity index (χ0n) is 16.1. The van der Waals surface area contributed by atoms with Crippen LogP contribution < -0.4 is 19.6 Å². The van der Waals surface area contributed by atoms with E-state index >= 15 is 0 Å². The molecule has 0 saturated heterocycles. The maximum atomic E-state index is 13.0.